The van der Waals surface area contributed by atoms with E-state index in [1.807, 2.05) is 49.4 Å². The number of amides is 1. The Labute approximate surface area is 139 Å². The molecule has 120 valence electrons. The zero-order chi connectivity index (χ0) is 16.3. The van der Waals surface area contributed by atoms with Crippen molar-refractivity contribution in [3.63, 3.8) is 0 Å². The molecular weight excluding hydrogens is 346 g/mol. The topological polar surface area (TPSA) is 56.0 Å². The number of aryl methyl sites for hydroxylation is 3. The molecule has 0 spiro atoms. The number of hydrogen-bond acceptors (Lipinski definition) is 3. The Morgan fingerprint density at radius 3 is 2.64 bits per heavy atom. The van der Waals surface area contributed by atoms with Crippen LogP contribution in [0.15, 0.2) is 16.7 Å². The van der Waals surface area contributed by atoms with Gasteiger partial charge in [0.15, 0.2) is 0 Å². The molecule has 7 heteroatoms. The van der Waals surface area contributed by atoms with Gasteiger partial charge in [0.05, 0.1) is 29.0 Å². The minimum Gasteiger partial charge on any atom is -0.340 e. The van der Waals surface area contributed by atoms with Crippen LogP contribution in [0.2, 0.25) is 0 Å². The van der Waals surface area contributed by atoms with E-state index in [2.05, 4.69) is 26.1 Å². The van der Waals surface area contributed by atoms with Crippen LogP contribution in [0.25, 0.3) is 0 Å². The van der Waals surface area contributed by atoms with Gasteiger partial charge in [0.1, 0.15) is 0 Å². The molecular formula is C15H22BrN5O. The number of halogens is 1. The molecule has 0 radical (unpaired) electrons. The van der Waals surface area contributed by atoms with Crippen LogP contribution in [-0.2, 0) is 24.4 Å². The molecule has 2 heterocycles. The van der Waals surface area contributed by atoms with Gasteiger partial charge in [-0.2, -0.15) is 10.2 Å². The van der Waals surface area contributed by atoms with E-state index < -0.39 is 0 Å². The average molecular weight is 368 g/mol. The minimum absolute atomic E-state index is 0.0923. The molecule has 1 amide bonds. The van der Waals surface area contributed by atoms with E-state index in [4.69, 9.17) is 0 Å². The lowest BCUT2D eigenvalue weighted by molar-refractivity contribution is -0.130. The number of carbonyl (C=O) groups excluding carboxylic acids is 1. The summed E-state index contributed by atoms with van der Waals surface area (Å²) < 4.78 is 4.75. The largest absolute Gasteiger partial charge is 0.340 e. The molecule has 0 bridgehead atoms. The van der Waals surface area contributed by atoms with Gasteiger partial charge >= 0.3 is 0 Å². The van der Waals surface area contributed by atoms with Gasteiger partial charge in [-0.15, -0.1) is 0 Å². The highest BCUT2D eigenvalue weighted by molar-refractivity contribution is 9.10. The quantitative estimate of drug-likeness (QED) is 0.787. The van der Waals surface area contributed by atoms with Crippen LogP contribution >= 0.6 is 15.9 Å². The third kappa shape index (κ3) is 3.76. The highest BCUT2D eigenvalue weighted by Gasteiger charge is 2.13. The molecule has 2 rings (SSSR count). The maximum absolute atomic E-state index is 12.2. The van der Waals surface area contributed by atoms with Crippen molar-refractivity contribution < 1.29 is 4.79 Å². The normalized spacial score (nSPS) is 11.0. The van der Waals surface area contributed by atoms with E-state index in [0.29, 0.717) is 19.5 Å². The average Bonchev–Trinajstić information content (AvgIpc) is 3.05. The Morgan fingerprint density at radius 2 is 2.09 bits per heavy atom. The first kappa shape index (κ1) is 16.7. The molecule has 0 fully saturated rings. The number of hydrogen-bond donors (Lipinski definition) is 0. The lowest BCUT2D eigenvalue weighted by Gasteiger charge is -2.16. The standard InChI is InChI=1S/C15H22BrN5O/c1-5-20-8-6-13(18-20)10-19(4)14(22)7-9-21-12(3)15(16)11(2)17-21/h6,8H,5,7,9-10H2,1-4H3. The second-order valence-electron chi connectivity index (χ2n) is 5.37. The van der Waals surface area contributed by atoms with Crippen molar-refractivity contribution in [2.75, 3.05) is 7.05 Å². The Hall–Kier alpha value is -1.63. The predicted molar refractivity (Wildman–Crippen MR) is 88.4 cm³/mol. The summed E-state index contributed by atoms with van der Waals surface area (Å²) in [7, 11) is 1.81. The maximum atomic E-state index is 12.2. The molecule has 0 aliphatic heterocycles. The highest BCUT2D eigenvalue weighted by atomic mass is 79.9. The minimum atomic E-state index is 0.0923. The summed E-state index contributed by atoms with van der Waals surface area (Å²) in [6, 6.07) is 1.95. The SMILES string of the molecule is CCn1ccc(CN(C)C(=O)CCn2nc(C)c(Br)c2C)n1. The van der Waals surface area contributed by atoms with E-state index in [0.717, 1.165) is 28.1 Å². The van der Waals surface area contributed by atoms with Gasteiger partial charge in [-0.3, -0.25) is 14.2 Å². The van der Waals surface area contributed by atoms with Crippen molar-refractivity contribution in [1.82, 2.24) is 24.5 Å². The first-order valence-corrected chi connectivity index (χ1v) is 8.17. The molecule has 0 N–H and O–H groups in total. The summed E-state index contributed by atoms with van der Waals surface area (Å²) >= 11 is 3.50. The third-order valence-corrected chi connectivity index (χ3v) is 4.82. The fraction of sp³-hybridized carbons (Fsp3) is 0.533. The molecule has 0 atom stereocenters. The Kier molecular flexibility index (Phi) is 5.39. The molecule has 0 unspecified atom stereocenters. The second-order valence-corrected chi connectivity index (χ2v) is 6.16. The number of carbonyl (C=O) groups is 1. The van der Waals surface area contributed by atoms with Crippen molar-refractivity contribution >= 4 is 21.8 Å². The Bertz CT molecular complexity index is 661. The van der Waals surface area contributed by atoms with Crippen LogP contribution in [0.5, 0.6) is 0 Å². The van der Waals surface area contributed by atoms with Crippen LogP contribution < -0.4 is 0 Å². The van der Waals surface area contributed by atoms with Crippen LogP contribution in [0.4, 0.5) is 0 Å². The highest BCUT2D eigenvalue weighted by Crippen LogP contribution is 2.19. The molecule has 6 nitrogen and oxygen atoms in total. The molecule has 0 aliphatic rings. The van der Waals surface area contributed by atoms with Gasteiger partial charge in [-0.25, -0.2) is 0 Å². The van der Waals surface area contributed by atoms with Gasteiger partial charge in [0.2, 0.25) is 5.91 Å². The zero-order valence-electron chi connectivity index (χ0n) is 13.5. The third-order valence-electron chi connectivity index (χ3n) is 3.68. The summed E-state index contributed by atoms with van der Waals surface area (Å²) in [6.45, 7) is 7.95. The fourth-order valence-corrected chi connectivity index (χ4v) is 2.56. The van der Waals surface area contributed by atoms with Gasteiger partial charge in [-0.05, 0) is 42.8 Å². The van der Waals surface area contributed by atoms with Crippen molar-refractivity contribution in [3.05, 3.63) is 33.8 Å². The Balaban J connectivity index is 1.89. The molecule has 0 aliphatic carbocycles. The predicted octanol–water partition coefficient (Wildman–Crippen LogP) is 2.53. The summed E-state index contributed by atoms with van der Waals surface area (Å²) in [5.74, 6) is 0.0923. The first-order valence-electron chi connectivity index (χ1n) is 7.38. The molecule has 2 aromatic heterocycles. The van der Waals surface area contributed by atoms with Gasteiger partial charge < -0.3 is 4.90 Å². The van der Waals surface area contributed by atoms with Gasteiger partial charge in [0.25, 0.3) is 0 Å². The van der Waals surface area contributed by atoms with E-state index in [1.54, 1.807) is 4.90 Å². The van der Waals surface area contributed by atoms with Crippen LogP contribution in [0.3, 0.4) is 0 Å². The fourth-order valence-electron chi connectivity index (χ4n) is 2.28. The first-order chi connectivity index (χ1) is 10.4. The van der Waals surface area contributed by atoms with Crippen LogP contribution in [0.1, 0.15) is 30.4 Å². The molecule has 22 heavy (non-hydrogen) atoms. The lowest BCUT2D eigenvalue weighted by Crippen LogP contribution is -2.27. The lowest BCUT2D eigenvalue weighted by atomic mass is 10.3. The molecule has 0 aromatic carbocycles. The zero-order valence-corrected chi connectivity index (χ0v) is 15.1. The van der Waals surface area contributed by atoms with Crippen molar-refractivity contribution in [2.45, 2.75) is 46.8 Å². The number of rotatable bonds is 6. The van der Waals surface area contributed by atoms with Gasteiger partial charge in [0, 0.05) is 31.9 Å². The van der Waals surface area contributed by atoms with Crippen molar-refractivity contribution in [3.8, 4) is 0 Å². The van der Waals surface area contributed by atoms with Crippen molar-refractivity contribution in [1.29, 1.82) is 0 Å². The molecule has 2 aromatic rings. The summed E-state index contributed by atoms with van der Waals surface area (Å²) in [5, 5.41) is 8.82. The maximum Gasteiger partial charge on any atom is 0.224 e. The number of aromatic nitrogens is 4. The summed E-state index contributed by atoms with van der Waals surface area (Å²) in [6.07, 6.45) is 2.36. The monoisotopic (exact) mass is 367 g/mol. The summed E-state index contributed by atoms with van der Waals surface area (Å²) in [4.78, 5) is 13.9. The Morgan fingerprint density at radius 1 is 1.36 bits per heavy atom. The second kappa shape index (κ2) is 7.09. The van der Waals surface area contributed by atoms with E-state index in [-0.39, 0.29) is 5.91 Å². The smallest absolute Gasteiger partial charge is 0.224 e. The van der Waals surface area contributed by atoms with Crippen LogP contribution in [-0.4, -0.2) is 37.4 Å². The molecule has 0 saturated carbocycles. The van der Waals surface area contributed by atoms with Gasteiger partial charge in [-0.1, -0.05) is 0 Å². The number of nitrogens with zero attached hydrogens (tertiary/aromatic N) is 5. The van der Waals surface area contributed by atoms with E-state index in [9.17, 15) is 4.79 Å². The van der Waals surface area contributed by atoms with Crippen molar-refractivity contribution in [2.24, 2.45) is 0 Å². The van der Waals surface area contributed by atoms with E-state index in [1.165, 1.54) is 0 Å². The van der Waals surface area contributed by atoms with E-state index >= 15 is 0 Å². The molecule has 0 saturated heterocycles. The summed E-state index contributed by atoms with van der Waals surface area (Å²) in [5.41, 5.74) is 2.91. The van der Waals surface area contributed by atoms with Crippen LogP contribution in [0, 0.1) is 13.8 Å².